The Balaban J connectivity index is 2.09. The molecule has 0 fully saturated rings. The lowest BCUT2D eigenvalue weighted by atomic mass is 10.1. The number of aryl methyl sites for hydroxylation is 1. The fourth-order valence-electron chi connectivity index (χ4n) is 1.69. The smallest absolute Gasteiger partial charge is 0.398 e. The van der Waals surface area contributed by atoms with Gasteiger partial charge in [0.2, 0.25) is 0 Å². The number of halogens is 3. The monoisotopic (exact) mass is 281 g/mol. The van der Waals surface area contributed by atoms with Crippen molar-refractivity contribution in [3.05, 3.63) is 53.2 Å². The van der Waals surface area contributed by atoms with Gasteiger partial charge in [-0.05, 0) is 30.2 Å². The summed E-state index contributed by atoms with van der Waals surface area (Å²) in [6.07, 6.45) is -2.72. The van der Waals surface area contributed by atoms with Crippen molar-refractivity contribution in [3.63, 3.8) is 0 Å². The Morgan fingerprint density at radius 3 is 2.65 bits per heavy atom. The summed E-state index contributed by atoms with van der Waals surface area (Å²) < 4.78 is 37.7. The first-order chi connectivity index (χ1) is 9.36. The summed E-state index contributed by atoms with van der Waals surface area (Å²) in [5.74, 6) is 0.533. The number of pyridine rings is 1. The number of nitrogens with one attached hydrogen (secondary N) is 1. The molecule has 0 radical (unpaired) electrons. The van der Waals surface area contributed by atoms with Crippen molar-refractivity contribution in [2.24, 2.45) is 0 Å². The zero-order chi connectivity index (χ0) is 14.8. The number of nitrogen functional groups attached to an aromatic ring is 1. The van der Waals surface area contributed by atoms with E-state index in [1.807, 2.05) is 6.92 Å². The van der Waals surface area contributed by atoms with Gasteiger partial charge in [0.1, 0.15) is 5.82 Å². The Kier molecular flexibility index (Phi) is 3.83. The lowest BCUT2D eigenvalue weighted by molar-refractivity contribution is -0.137. The molecule has 0 aliphatic carbocycles. The van der Waals surface area contributed by atoms with Crippen LogP contribution in [0.25, 0.3) is 0 Å². The zero-order valence-corrected chi connectivity index (χ0v) is 10.8. The maximum Gasteiger partial charge on any atom is 0.416 e. The van der Waals surface area contributed by atoms with E-state index < -0.39 is 11.7 Å². The fraction of sp³-hybridized carbons (Fsp3) is 0.214. The van der Waals surface area contributed by atoms with Gasteiger partial charge in [-0.25, -0.2) is 4.98 Å². The molecule has 0 bridgehead atoms. The molecule has 0 amide bonds. The molecule has 0 saturated heterocycles. The molecule has 1 aromatic heterocycles. The van der Waals surface area contributed by atoms with Gasteiger partial charge in [0.05, 0.1) is 5.56 Å². The van der Waals surface area contributed by atoms with E-state index in [-0.39, 0.29) is 6.54 Å². The molecular formula is C14H14F3N3. The van der Waals surface area contributed by atoms with Crippen molar-refractivity contribution in [1.82, 2.24) is 4.98 Å². The van der Waals surface area contributed by atoms with Crippen molar-refractivity contribution in [1.29, 1.82) is 0 Å². The maximum absolute atomic E-state index is 12.6. The SMILES string of the molecule is Cc1cnc(NCc2cccc(C(F)(F)F)c2)cc1N. The second-order valence-electron chi connectivity index (χ2n) is 4.48. The largest absolute Gasteiger partial charge is 0.416 e. The number of benzene rings is 1. The van der Waals surface area contributed by atoms with Crippen molar-refractivity contribution in [3.8, 4) is 0 Å². The Morgan fingerprint density at radius 2 is 2.00 bits per heavy atom. The van der Waals surface area contributed by atoms with Gasteiger partial charge in [-0.15, -0.1) is 0 Å². The number of alkyl halides is 3. The maximum atomic E-state index is 12.6. The zero-order valence-electron chi connectivity index (χ0n) is 10.8. The van der Waals surface area contributed by atoms with Gasteiger partial charge in [-0.3, -0.25) is 0 Å². The Bertz CT molecular complexity index is 609. The van der Waals surface area contributed by atoms with Crippen LogP contribution in [0.3, 0.4) is 0 Å². The van der Waals surface area contributed by atoms with Crippen molar-refractivity contribution in [2.45, 2.75) is 19.6 Å². The summed E-state index contributed by atoms with van der Waals surface area (Å²) in [4.78, 5) is 4.11. The van der Waals surface area contributed by atoms with Crippen LogP contribution in [0, 0.1) is 6.92 Å². The average molecular weight is 281 g/mol. The molecule has 0 atom stereocenters. The Hall–Kier alpha value is -2.24. The summed E-state index contributed by atoms with van der Waals surface area (Å²) in [5.41, 5.74) is 7.06. The molecule has 1 heterocycles. The Labute approximate surface area is 114 Å². The predicted molar refractivity (Wildman–Crippen MR) is 72.2 cm³/mol. The minimum atomic E-state index is -4.33. The highest BCUT2D eigenvalue weighted by Crippen LogP contribution is 2.29. The summed E-state index contributed by atoms with van der Waals surface area (Å²) in [6, 6.07) is 6.83. The molecule has 3 nitrogen and oxygen atoms in total. The molecule has 2 rings (SSSR count). The standard InChI is InChI=1S/C14H14F3N3/c1-9-7-19-13(6-12(9)18)20-8-10-3-2-4-11(5-10)14(15,16)17/h2-7H,8H2,1H3,(H3,18,19,20). The third kappa shape index (κ3) is 3.40. The lowest BCUT2D eigenvalue weighted by Crippen LogP contribution is -2.07. The molecule has 1 aromatic carbocycles. The van der Waals surface area contributed by atoms with Gasteiger partial charge in [0, 0.05) is 24.5 Å². The van der Waals surface area contributed by atoms with E-state index in [2.05, 4.69) is 10.3 Å². The molecule has 0 spiro atoms. The fourth-order valence-corrected chi connectivity index (χ4v) is 1.69. The number of nitrogens with two attached hydrogens (primary N) is 1. The van der Waals surface area contributed by atoms with E-state index in [4.69, 9.17) is 5.73 Å². The van der Waals surface area contributed by atoms with E-state index in [0.29, 0.717) is 17.1 Å². The van der Waals surface area contributed by atoms with Crippen LogP contribution in [0.2, 0.25) is 0 Å². The highest BCUT2D eigenvalue weighted by molar-refractivity contribution is 5.53. The number of rotatable bonds is 3. The average Bonchev–Trinajstić information content (AvgIpc) is 2.39. The van der Waals surface area contributed by atoms with Gasteiger partial charge >= 0.3 is 6.18 Å². The normalized spacial score (nSPS) is 11.4. The minimum Gasteiger partial charge on any atom is -0.398 e. The molecule has 20 heavy (non-hydrogen) atoms. The van der Waals surface area contributed by atoms with Gasteiger partial charge in [-0.2, -0.15) is 13.2 Å². The van der Waals surface area contributed by atoms with Gasteiger partial charge < -0.3 is 11.1 Å². The molecular weight excluding hydrogens is 267 g/mol. The third-order valence-electron chi connectivity index (χ3n) is 2.87. The summed E-state index contributed by atoms with van der Waals surface area (Å²) >= 11 is 0. The van der Waals surface area contributed by atoms with Crippen LogP contribution < -0.4 is 11.1 Å². The van der Waals surface area contributed by atoms with E-state index in [0.717, 1.165) is 17.7 Å². The molecule has 0 unspecified atom stereocenters. The number of aromatic nitrogens is 1. The van der Waals surface area contributed by atoms with Crippen molar-refractivity contribution in [2.75, 3.05) is 11.1 Å². The molecule has 3 N–H and O–H groups in total. The summed E-state index contributed by atoms with van der Waals surface area (Å²) in [5, 5.41) is 2.95. The van der Waals surface area contributed by atoms with Crippen LogP contribution in [0.15, 0.2) is 36.5 Å². The quantitative estimate of drug-likeness (QED) is 0.903. The first-order valence-electron chi connectivity index (χ1n) is 5.98. The van der Waals surface area contributed by atoms with Crippen molar-refractivity contribution >= 4 is 11.5 Å². The highest BCUT2D eigenvalue weighted by Gasteiger charge is 2.30. The second-order valence-corrected chi connectivity index (χ2v) is 4.48. The number of hydrogen-bond acceptors (Lipinski definition) is 3. The highest BCUT2D eigenvalue weighted by atomic mass is 19.4. The second kappa shape index (κ2) is 5.40. The first-order valence-corrected chi connectivity index (χ1v) is 5.98. The summed E-state index contributed by atoms with van der Waals surface area (Å²) in [6.45, 7) is 2.08. The first kappa shape index (κ1) is 14.2. The van der Waals surface area contributed by atoms with E-state index >= 15 is 0 Å². The van der Waals surface area contributed by atoms with Crippen molar-refractivity contribution < 1.29 is 13.2 Å². The number of anilines is 2. The molecule has 2 aromatic rings. The number of hydrogen-bond donors (Lipinski definition) is 2. The van der Waals surface area contributed by atoms with Crippen LogP contribution in [0.4, 0.5) is 24.7 Å². The van der Waals surface area contributed by atoms with E-state index in [1.165, 1.54) is 6.07 Å². The van der Waals surface area contributed by atoms with Crippen LogP contribution in [-0.4, -0.2) is 4.98 Å². The molecule has 6 heteroatoms. The topological polar surface area (TPSA) is 50.9 Å². The molecule has 0 saturated carbocycles. The summed E-state index contributed by atoms with van der Waals surface area (Å²) in [7, 11) is 0. The van der Waals surface area contributed by atoms with Gasteiger partial charge in [0.15, 0.2) is 0 Å². The van der Waals surface area contributed by atoms with Crippen LogP contribution in [0.5, 0.6) is 0 Å². The van der Waals surface area contributed by atoms with E-state index in [1.54, 1.807) is 18.3 Å². The predicted octanol–water partition coefficient (Wildman–Crippen LogP) is 3.60. The van der Waals surface area contributed by atoms with E-state index in [9.17, 15) is 13.2 Å². The Morgan fingerprint density at radius 1 is 1.25 bits per heavy atom. The molecule has 0 aliphatic heterocycles. The van der Waals surface area contributed by atoms with Crippen LogP contribution in [0.1, 0.15) is 16.7 Å². The minimum absolute atomic E-state index is 0.249. The lowest BCUT2D eigenvalue weighted by Gasteiger charge is -2.10. The van der Waals surface area contributed by atoms with Gasteiger partial charge in [-0.1, -0.05) is 12.1 Å². The third-order valence-corrected chi connectivity index (χ3v) is 2.87. The number of nitrogens with zero attached hydrogens (tertiary/aromatic N) is 1. The van der Waals surface area contributed by atoms with Gasteiger partial charge in [0.25, 0.3) is 0 Å². The molecule has 0 aliphatic rings. The van der Waals surface area contributed by atoms with Crippen LogP contribution >= 0.6 is 0 Å². The van der Waals surface area contributed by atoms with Crippen LogP contribution in [-0.2, 0) is 12.7 Å². The molecule has 106 valence electrons.